The molecule has 1 saturated heterocycles. The summed E-state index contributed by atoms with van der Waals surface area (Å²) in [7, 11) is 0. The molecular formula is C12H15N3O. The van der Waals surface area contributed by atoms with Gasteiger partial charge in [0.2, 0.25) is 5.89 Å². The van der Waals surface area contributed by atoms with Crippen LogP contribution < -0.4 is 5.32 Å². The third kappa shape index (κ3) is 1.69. The fourth-order valence-corrected chi connectivity index (χ4v) is 2.14. The zero-order chi connectivity index (χ0) is 11.0. The lowest BCUT2D eigenvalue weighted by Crippen LogP contribution is -2.26. The predicted octanol–water partition coefficient (Wildman–Crippen LogP) is 2.35. The van der Waals surface area contributed by atoms with Gasteiger partial charge in [0, 0.05) is 5.69 Å². The highest BCUT2D eigenvalue weighted by Crippen LogP contribution is 2.25. The van der Waals surface area contributed by atoms with Crippen LogP contribution >= 0.6 is 0 Å². The van der Waals surface area contributed by atoms with E-state index in [1.165, 1.54) is 12.8 Å². The van der Waals surface area contributed by atoms with Crippen molar-refractivity contribution in [1.82, 2.24) is 15.3 Å². The lowest BCUT2D eigenvalue weighted by molar-refractivity contribution is 0.347. The third-order valence-electron chi connectivity index (χ3n) is 3.02. The molecule has 1 atom stereocenters. The smallest absolute Gasteiger partial charge is 0.214 e. The van der Waals surface area contributed by atoms with Crippen LogP contribution in [0.1, 0.15) is 36.9 Å². The van der Waals surface area contributed by atoms with Gasteiger partial charge in [0.25, 0.3) is 0 Å². The average molecular weight is 217 g/mol. The summed E-state index contributed by atoms with van der Waals surface area (Å²) in [6.07, 6.45) is 3.59. The quantitative estimate of drug-likeness (QED) is 0.796. The molecule has 1 aliphatic rings. The van der Waals surface area contributed by atoms with Crippen molar-refractivity contribution in [2.24, 2.45) is 0 Å². The van der Waals surface area contributed by atoms with Crippen molar-refractivity contribution in [3.63, 3.8) is 0 Å². The summed E-state index contributed by atoms with van der Waals surface area (Å²) in [5.74, 6) is 0.785. The van der Waals surface area contributed by atoms with Crippen molar-refractivity contribution >= 4 is 11.2 Å². The Kier molecular flexibility index (Phi) is 2.36. The Morgan fingerprint density at radius 2 is 2.25 bits per heavy atom. The van der Waals surface area contributed by atoms with Crippen molar-refractivity contribution < 1.29 is 4.42 Å². The van der Waals surface area contributed by atoms with E-state index in [4.69, 9.17) is 4.42 Å². The second kappa shape index (κ2) is 3.87. The molecule has 2 aromatic rings. The van der Waals surface area contributed by atoms with Gasteiger partial charge in [-0.15, -0.1) is 0 Å². The van der Waals surface area contributed by atoms with E-state index in [2.05, 4.69) is 15.3 Å². The molecule has 16 heavy (non-hydrogen) atoms. The predicted molar refractivity (Wildman–Crippen MR) is 61.1 cm³/mol. The van der Waals surface area contributed by atoms with Crippen molar-refractivity contribution in [3.8, 4) is 0 Å². The molecular weight excluding hydrogens is 202 g/mol. The van der Waals surface area contributed by atoms with Crippen molar-refractivity contribution in [2.45, 2.75) is 32.2 Å². The summed E-state index contributed by atoms with van der Waals surface area (Å²) in [6.45, 7) is 3.02. The number of piperidine rings is 1. The molecule has 3 rings (SSSR count). The first kappa shape index (κ1) is 9.78. The van der Waals surface area contributed by atoms with Crippen LogP contribution in [0.25, 0.3) is 11.2 Å². The summed E-state index contributed by atoms with van der Waals surface area (Å²) in [6, 6.07) is 4.16. The molecule has 2 aromatic heterocycles. The maximum atomic E-state index is 5.73. The standard InChI is InChI=1S/C12H15N3O/c1-8-5-6-10-11(14-8)15-12(16-10)9-4-2-3-7-13-9/h5-6,9,13H,2-4,7H2,1H3. The molecule has 0 saturated carbocycles. The van der Waals surface area contributed by atoms with Crippen molar-refractivity contribution in [1.29, 1.82) is 0 Å². The first-order valence-electron chi connectivity index (χ1n) is 5.80. The molecule has 0 amide bonds. The largest absolute Gasteiger partial charge is 0.437 e. The van der Waals surface area contributed by atoms with Gasteiger partial charge in [-0.2, -0.15) is 4.98 Å². The van der Waals surface area contributed by atoms with E-state index in [9.17, 15) is 0 Å². The zero-order valence-electron chi connectivity index (χ0n) is 9.36. The molecule has 0 aliphatic carbocycles. The molecule has 1 unspecified atom stereocenters. The average Bonchev–Trinajstić information content (AvgIpc) is 2.73. The lowest BCUT2D eigenvalue weighted by Gasteiger charge is -2.19. The molecule has 4 nitrogen and oxygen atoms in total. The van der Waals surface area contributed by atoms with Crippen LogP contribution in [0.3, 0.4) is 0 Å². The van der Waals surface area contributed by atoms with E-state index < -0.39 is 0 Å². The highest BCUT2D eigenvalue weighted by molar-refractivity contribution is 5.67. The van der Waals surface area contributed by atoms with Crippen molar-refractivity contribution in [3.05, 3.63) is 23.7 Å². The SMILES string of the molecule is Cc1ccc2oc(C3CCCCN3)nc2n1. The van der Waals surface area contributed by atoms with Crippen molar-refractivity contribution in [2.75, 3.05) is 6.54 Å². The van der Waals surface area contributed by atoms with Gasteiger partial charge in [0.15, 0.2) is 11.2 Å². The normalized spacial score (nSPS) is 21.4. The van der Waals surface area contributed by atoms with Crippen LogP contribution in [0, 0.1) is 6.92 Å². The van der Waals surface area contributed by atoms with Gasteiger partial charge in [-0.05, 0) is 38.4 Å². The van der Waals surface area contributed by atoms with Crippen LogP contribution in [0.4, 0.5) is 0 Å². The molecule has 0 bridgehead atoms. The number of rotatable bonds is 1. The van der Waals surface area contributed by atoms with E-state index in [1.807, 2.05) is 19.1 Å². The molecule has 0 aromatic carbocycles. The number of nitrogens with zero attached hydrogens (tertiary/aromatic N) is 2. The lowest BCUT2D eigenvalue weighted by atomic mass is 10.1. The fourth-order valence-electron chi connectivity index (χ4n) is 2.14. The highest BCUT2D eigenvalue weighted by Gasteiger charge is 2.20. The second-order valence-corrected chi connectivity index (χ2v) is 4.33. The van der Waals surface area contributed by atoms with Gasteiger partial charge in [0.05, 0.1) is 6.04 Å². The minimum absolute atomic E-state index is 0.267. The summed E-state index contributed by atoms with van der Waals surface area (Å²) < 4.78 is 5.73. The molecule has 84 valence electrons. The van der Waals surface area contributed by atoms with Crippen LogP contribution in [0.2, 0.25) is 0 Å². The molecule has 1 N–H and O–H groups in total. The van der Waals surface area contributed by atoms with Gasteiger partial charge in [-0.1, -0.05) is 6.42 Å². The van der Waals surface area contributed by atoms with Gasteiger partial charge in [-0.25, -0.2) is 4.98 Å². The Hall–Kier alpha value is -1.42. The minimum atomic E-state index is 0.267. The Morgan fingerprint density at radius 1 is 1.31 bits per heavy atom. The Balaban J connectivity index is 1.97. The Morgan fingerprint density at radius 3 is 3.06 bits per heavy atom. The first-order valence-corrected chi connectivity index (χ1v) is 5.80. The summed E-state index contributed by atoms with van der Waals surface area (Å²) in [5, 5.41) is 3.43. The van der Waals surface area contributed by atoms with Gasteiger partial charge in [-0.3, -0.25) is 0 Å². The van der Waals surface area contributed by atoms with E-state index in [0.717, 1.165) is 35.8 Å². The Bertz CT molecular complexity index is 500. The number of nitrogens with one attached hydrogen (secondary N) is 1. The fraction of sp³-hybridized carbons (Fsp3) is 0.500. The summed E-state index contributed by atoms with van der Waals surface area (Å²) in [5.41, 5.74) is 2.49. The van der Waals surface area contributed by atoms with E-state index >= 15 is 0 Å². The van der Waals surface area contributed by atoms with Gasteiger partial charge < -0.3 is 9.73 Å². The molecule has 4 heteroatoms. The number of oxazole rings is 1. The van der Waals surface area contributed by atoms with Crippen LogP contribution in [0.15, 0.2) is 16.5 Å². The number of pyridine rings is 1. The number of hydrogen-bond donors (Lipinski definition) is 1. The molecule has 3 heterocycles. The summed E-state index contributed by atoms with van der Waals surface area (Å²) in [4.78, 5) is 8.82. The van der Waals surface area contributed by atoms with Crippen LogP contribution in [0.5, 0.6) is 0 Å². The monoisotopic (exact) mass is 217 g/mol. The summed E-state index contributed by atoms with van der Waals surface area (Å²) >= 11 is 0. The number of aromatic nitrogens is 2. The number of aryl methyl sites for hydroxylation is 1. The van der Waals surface area contributed by atoms with Crippen LogP contribution in [-0.4, -0.2) is 16.5 Å². The van der Waals surface area contributed by atoms with Gasteiger partial charge >= 0.3 is 0 Å². The minimum Gasteiger partial charge on any atom is -0.437 e. The van der Waals surface area contributed by atoms with E-state index in [-0.39, 0.29) is 6.04 Å². The topological polar surface area (TPSA) is 51.0 Å². The second-order valence-electron chi connectivity index (χ2n) is 4.33. The number of hydrogen-bond acceptors (Lipinski definition) is 4. The van der Waals surface area contributed by atoms with E-state index in [0.29, 0.717) is 0 Å². The first-order chi connectivity index (χ1) is 7.83. The van der Waals surface area contributed by atoms with Gasteiger partial charge in [0.1, 0.15) is 0 Å². The van der Waals surface area contributed by atoms with Crippen LogP contribution in [-0.2, 0) is 0 Å². The molecule has 0 radical (unpaired) electrons. The molecule has 0 spiro atoms. The zero-order valence-corrected chi connectivity index (χ0v) is 9.36. The maximum absolute atomic E-state index is 5.73. The highest BCUT2D eigenvalue weighted by atomic mass is 16.3. The third-order valence-corrected chi connectivity index (χ3v) is 3.02. The van der Waals surface area contributed by atoms with E-state index in [1.54, 1.807) is 0 Å². The molecule has 1 aliphatic heterocycles. The number of fused-ring (bicyclic) bond motifs is 1. The molecule has 1 fully saturated rings. The maximum Gasteiger partial charge on any atom is 0.214 e. The Labute approximate surface area is 94.1 Å².